The summed E-state index contributed by atoms with van der Waals surface area (Å²) in [5, 5.41) is 1.93. The van der Waals surface area contributed by atoms with E-state index in [-0.39, 0.29) is 4.32 Å². The maximum absolute atomic E-state index is 9.95. The first-order valence-corrected chi connectivity index (χ1v) is 2.44. The van der Waals surface area contributed by atoms with Crippen LogP contribution in [0.1, 0.15) is 0 Å². The van der Waals surface area contributed by atoms with Crippen molar-refractivity contribution >= 4 is 41.4 Å². The first-order valence-electron chi connectivity index (χ1n) is 1.59. The van der Waals surface area contributed by atoms with Crippen molar-refractivity contribution in [1.29, 1.82) is 0 Å². The molecule has 0 spiro atoms. The first kappa shape index (κ1) is 7.58. The second-order valence-corrected chi connectivity index (χ2v) is 2.02. The van der Waals surface area contributed by atoms with Gasteiger partial charge in [-0.2, -0.15) is 0 Å². The smallest absolute Gasteiger partial charge is 0.301 e. The molecule has 0 unspecified atom stereocenters. The number of hydrogen-bond donors (Lipinski definition) is 2. The number of carbonyl (C=O) groups is 1. The molecule has 0 aromatic rings. The van der Waals surface area contributed by atoms with Crippen LogP contribution in [0.3, 0.4) is 0 Å². The highest BCUT2D eigenvalue weighted by atomic mass is 32.1. The van der Waals surface area contributed by atoms with Crippen molar-refractivity contribution in [1.82, 2.24) is 5.32 Å². The molecule has 0 atom stereocenters. The topological polar surface area (TPSA) is 46.2 Å². The summed E-state index contributed by atoms with van der Waals surface area (Å²) in [5.74, 6) is -0.898. The van der Waals surface area contributed by atoms with Crippen molar-refractivity contribution in [2.24, 2.45) is 0 Å². The van der Waals surface area contributed by atoms with Crippen LogP contribution in [0.5, 0.6) is 0 Å². The van der Waals surface area contributed by atoms with Crippen LogP contribution in [0, 0.1) is 0 Å². The lowest BCUT2D eigenvalue weighted by Gasteiger charge is -1.89. The lowest BCUT2D eigenvalue weighted by molar-refractivity contribution is -0.113. The van der Waals surface area contributed by atoms with E-state index in [1.165, 1.54) is 0 Å². The van der Waals surface area contributed by atoms with Crippen LogP contribution in [-0.4, -0.2) is 16.5 Å². The van der Waals surface area contributed by atoms with E-state index >= 15 is 0 Å². The van der Waals surface area contributed by atoms with Gasteiger partial charge >= 0.3 is 5.91 Å². The van der Waals surface area contributed by atoms with Crippen LogP contribution in [0.25, 0.3) is 0 Å². The number of amides is 1. The molecule has 5 heteroatoms. The zero-order chi connectivity index (χ0) is 6.57. The number of hydrogen-bond acceptors (Lipinski definition) is 3. The number of thiocarbonyl (C=S) groups is 1. The minimum atomic E-state index is -0.898. The van der Waals surface area contributed by atoms with Crippen molar-refractivity contribution in [3.8, 4) is 0 Å². The van der Waals surface area contributed by atoms with Gasteiger partial charge in [-0.1, -0.05) is 12.2 Å². The standard InChI is InChI=1S/C3H2NO2S2/c5-1-2(6)4-3(7)8/h(H2,4,6,7,8). The van der Waals surface area contributed by atoms with E-state index < -0.39 is 5.91 Å². The summed E-state index contributed by atoms with van der Waals surface area (Å²) in [4.78, 5) is 19.4. The number of carbonyl (C=O) groups excluding carboxylic acids is 2. The molecule has 0 aromatic heterocycles. The van der Waals surface area contributed by atoms with Gasteiger partial charge in [0.1, 0.15) is 4.32 Å². The van der Waals surface area contributed by atoms with E-state index in [1.54, 1.807) is 0 Å². The molecule has 0 aliphatic heterocycles. The molecular formula is C3H2NO2S2. The Kier molecular flexibility index (Phi) is 3.38. The second kappa shape index (κ2) is 3.57. The van der Waals surface area contributed by atoms with E-state index in [2.05, 4.69) is 24.8 Å². The maximum atomic E-state index is 9.95. The molecule has 0 saturated carbocycles. The summed E-state index contributed by atoms with van der Waals surface area (Å²) in [5.41, 5.74) is 0. The van der Waals surface area contributed by atoms with Gasteiger partial charge in [0, 0.05) is 0 Å². The minimum Gasteiger partial charge on any atom is -0.305 e. The fraction of sp³-hybridized carbons (Fsp3) is 0. The van der Waals surface area contributed by atoms with E-state index in [0.717, 1.165) is 6.29 Å². The molecule has 3 nitrogen and oxygen atoms in total. The van der Waals surface area contributed by atoms with Crippen LogP contribution in [0.4, 0.5) is 0 Å². The van der Waals surface area contributed by atoms with Crippen molar-refractivity contribution in [3.63, 3.8) is 0 Å². The molecular weight excluding hydrogens is 146 g/mol. The number of thiol groups is 1. The molecule has 0 fully saturated rings. The van der Waals surface area contributed by atoms with Gasteiger partial charge in [-0.3, -0.25) is 9.59 Å². The molecule has 1 amide bonds. The molecule has 0 aromatic carbocycles. The molecule has 0 heterocycles. The van der Waals surface area contributed by atoms with Crippen LogP contribution >= 0.6 is 24.8 Å². The van der Waals surface area contributed by atoms with Gasteiger partial charge in [0.05, 0.1) is 0 Å². The molecule has 0 aliphatic carbocycles. The third kappa shape index (κ3) is 3.76. The van der Waals surface area contributed by atoms with Gasteiger partial charge in [-0.05, 0) is 0 Å². The molecule has 0 bridgehead atoms. The first-order chi connectivity index (χ1) is 3.66. The lowest BCUT2D eigenvalue weighted by Crippen LogP contribution is -2.25. The van der Waals surface area contributed by atoms with Crippen LogP contribution in [0.2, 0.25) is 0 Å². The molecule has 8 heavy (non-hydrogen) atoms. The number of rotatable bonds is 1. The second-order valence-electron chi connectivity index (χ2n) is 0.861. The predicted octanol–water partition coefficient (Wildman–Crippen LogP) is -0.573. The highest BCUT2D eigenvalue weighted by Crippen LogP contribution is 1.74. The van der Waals surface area contributed by atoms with Crippen molar-refractivity contribution in [3.05, 3.63) is 0 Å². The Labute approximate surface area is 56.9 Å². The summed E-state index contributed by atoms with van der Waals surface area (Å²) in [7, 11) is 0. The van der Waals surface area contributed by atoms with Crippen LogP contribution < -0.4 is 5.32 Å². The maximum Gasteiger partial charge on any atom is 0.301 e. The van der Waals surface area contributed by atoms with E-state index in [1.807, 2.05) is 5.32 Å². The quantitative estimate of drug-likeness (QED) is 0.297. The van der Waals surface area contributed by atoms with E-state index in [4.69, 9.17) is 0 Å². The van der Waals surface area contributed by atoms with Crippen molar-refractivity contribution in [2.45, 2.75) is 0 Å². The Hall–Kier alpha value is -0.420. The fourth-order valence-electron chi connectivity index (χ4n) is 0.123. The van der Waals surface area contributed by atoms with E-state index in [0.29, 0.717) is 0 Å². The van der Waals surface area contributed by atoms with Gasteiger partial charge in [-0.15, -0.1) is 12.6 Å². The highest BCUT2D eigenvalue weighted by Gasteiger charge is 1.96. The van der Waals surface area contributed by atoms with Crippen LogP contribution in [-0.2, 0) is 9.59 Å². The van der Waals surface area contributed by atoms with Gasteiger partial charge in [0.15, 0.2) is 0 Å². The zero-order valence-electron chi connectivity index (χ0n) is 3.67. The Balaban J connectivity index is 3.55. The minimum absolute atomic E-state index is 0.0293. The molecule has 1 N–H and O–H groups in total. The molecule has 0 saturated heterocycles. The molecule has 43 valence electrons. The SMILES string of the molecule is O=[C]C(=O)NC(=S)S. The average Bonchev–Trinajstić information content (AvgIpc) is 1.65. The van der Waals surface area contributed by atoms with E-state index in [9.17, 15) is 9.59 Å². The Morgan fingerprint density at radius 1 is 1.75 bits per heavy atom. The normalized spacial score (nSPS) is 7.62. The summed E-state index contributed by atoms with van der Waals surface area (Å²) < 4.78 is -0.0293. The lowest BCUT2D eigenvalue weighted by atomic mass is 10.7. The van der Waals surface area contributed by atoms with Gasteiger partial charge in [-0.25, -0.2) is 0 Å². The third-order valence-corrected chi connectivity index (χ3v) is 0.527. The molecule has 0 aliphatic rings. The van der Waals surface area contributed by atoms with Crippen LogP contribution in [0.15, 0.2) is 0 Å². The summed E-state index contributed by atoms with van der Waals surface area (Å²) in [6.45, 7) is 0. The fourth-order valence-corrected chi connectivity index (χ4v) is 0.317. The Morgan fingerprint density at radius 2 is 2.25 bits per heavy atom. The van der Waals surface area contributed by atoms with Crippen molar-refractivity contribution in [2.75, 3.05) is 0 Å². The third-order valence-electron chi connectivity index (χ3n) is 0.313. The summed E-state index contributed by atoms with van der Waals surface area (Å²) >= 11 is 7.80. The predicted molar refractivity (Wildman–Crippen MR) is 35.4 cm³/mol. The van der Waals surface area contributed by atoms with Gasteiger partial charge < -0.3 is 5.32 Å². The average molecular weight is 148 g/mol. The van der Waals surface area contributed by atoms with Gasteiger partial charge in [0.25, 0.3) is 6.29 Å². The largest absolute Gasteiger partial charge is 0.305 e. The Morgan fingerprint density at radius 3 is 2.38 bits per heavy atom. The summed E-state index contributed by atoms with van der Waals surface area (Å²) in [6, 6.07) is 0. The zero-order valence-corrected chi connectivity index (χ0v) is 5.38. The molecule has 0 rings (SSSR count). The monoisotopic (exact) mass is 148 g/mol. The highest BCUT2D eigenvalue weighted by molar-refractivity contribution is 8.11. The summed E-state index contributed by atoms with van der Waals surface area (Å²) in [6.07, 6.45) is 1.06. The van der Waals surface area contributed by atoms with Crippen molar-refractivity contribution < 1.29 is 9.59 Å². The van der Waals surface area contributed by atoms with Gasteiger partial charge in [0.2, 0.25) is 0 Å². The Bertz CT molecular complexity index is 133. The molecule has 1 radical (unpaired) electrons. The number of nitrogens with one attached hydrogen (secondary N) is 1.